The van der Waals surface area contributed by atoms with E-state index in [-0.39, 0.29) is 18.7 Å². The third kappa shape index (κ3) is 3.98. The van der Waals surface area contributed by atoms with Gasteiger partial charge in [-0.2, -0.15) is 0 Å². The molecular formula is C17H20N2O5. The van der Waals surface area contributed by atoms with Crippen molar-refractivity contribution in [2.24, 2.45) is 0 Å². The summed E-state index contributed by atoms with van der Waals surface area (Å²) in [5.74, 6) is -1.32. The molecule has 0 radical (unpaired) electrons. The molecule has 0 fully saturated rings. The molecule has 0 aromatic carbocycles. The summed E-state index contributed by atoms with van der Waals surface area (Å²) < 4.78 is 11.3. The highest BCUT2D eigenvalue weighted by atomic mass is 16.6. The molecule has 0 aliphatic carbocycles. The molecule has 128 valence electrons. The van der Waals surface area contributed by atoms with E-state index in [9.17, 15) is 14.4 Å². The van der Waals surface area contributed by atoms with E-state index in [1.54, 1.807) is 39.8 Å². The maximum Gasteiger partial charge on any atom is 0.343 e. The molecule has 0 aliphatic heterocycles. The van der Waals surface area contributed by atoms with Crippen LogP contribution in [0.2, 0.25) is 0 Å². The van der Waals surface area contributed by atoms with Gasteiger partial charge in [-0.05, 0) is 45.9 Å². The first-order chi connectivity index (χ1) is 11.2. The Morgan fingerprint density at radius 3 is 2.62 bits per heavy atom. The van der Waals surface area contributed by atoms with Crippen molar-refractivity contribution in [3.63, 3.8) is 0 Å². The number of esters is 2. The van der Waals surface area contributed by atoms with E-state index in [0.717, 1.165) is 4.57 Å². The van der Waals surface area contributed by atoms with Gasteiger partial charge in [0.05, 0.1) is 6.61 Å². The Labute approximate surface area is 139 Å². The number of pyridine rings is 2. The van der Waals surface area contributed by atoms with Gasteiger partial charge in [0, 0.05) is 11.6 Å². The molecule has 0 saturated carbocycles. The summed E-state index contributed by atoms with van der Waals surface area (Å²) in [7, 11) is 0. The fourth-order valence-electron chi connectivity index (χ4n) is 2.21. The van der Waals surface area contributed by atoms with Crippen LogP contribution >= 0.6 is 0 Å². The summed E-state index contributed by atoms with van der Waals surface area (Å²) in [6, 6.07) is 4.81. The van der Waals surface area contributed by atoms with Crippen molar-refractivity contribution in [1.82, 2.24) is 9.55 Å². The van der Waals surface area contributed by atoms with Crippen LogP contribution in [0, 0.1) is 0 Å². The number of rotatable bonds is 4. The van der Waals surface area contributed by atoms with Crippen molar-refractivity contribution in [3.8, 4) is 0 Å². The van der Waals surface area contributed by atoms with Crippen LogP contribution in [-0.2, 0) is 20.8 Å². The molecule has 0 amide bonds. The molecule has 0 aliphatic rings. The molecule has 7 nitrogen and oxygen atoms in total. The number of hydrogen-bond acceptors (Lipinski definition) is 6. The lowest BCUT2D eigenvalue weighted by atomic mass is 10.2. The number of nitrogens with zero attached hydrogens (tertiary/aromatic N) is 2. The second-order valence-electron chi connectivity index (χ2n) is 6.17. The summed E-state index contributed by atoms with van der Waals surface area (Å²) >= 11 is 0. The van der Waals surface area contributed by atoms with Crippen molar-refractivity contribution in [2.45, 2.75) is 39.8 Å². The van der Waals surface area contributed by atoms with Crippen LogP contribution in [0.5, 0.6) is 0 Å². The zero-order valence-electron chi connectivity index (χ0n) is 14.2. The zero-order chi connectivity index (χ0) is 17.9. The van der Waals surface area contributed by atoms with Crippen LogP contribution in [0.25, 0.3) is 11.0 Å². The molecule has 0 spiro atoms. The minimum Gasteiger partial charge on any atom is -0.462 e. The molecule has 0 N–H and O–H groups in total. The number of carbonyl (C=O) groups excluding carboxylic acids is 2. The largest absolute Gasteiger partial charge is 0.462 e. The van der Waals surface area contributed by atoms with E-state index >= 15 is 0 Å². The molecule has 2 aromatic rings. The molecule has 0 atom stereocenters. The molecule has 2 rings (SSSR count). The minimum atomic E-state index is -0.730. The number of carbonyl (C=O) groups is 2. The predicted octanol–water partition coefficient (Wildman–Crippen LogP) is 1.91. The van der Waals surface area contributed by atoms with Gasteiger partial charge in [-0.25, -0.2) is 9.78 Å². The van der Waals surface area contributed by atoms with Gasteiger partial charge in [-0.3, -0.25) is 14.2 Å². The van der Waals surface area contributed by atoms with Gasteiger partial charge < -0.3 is 9.47 Å². The van der Waals surface area contributed by atoms with Gasteiger partial charge in [-0.1, -0.05) is 0 Å². The Morgan fingerprint density at radius 1 is 1.29 bits per heavy atom. The fraction of sp³-hybridized carbons (Fsp3) is 0.412. The number of ether oxygens (including phenoxy) is 2. The first-order valence-electron chi connectivity index (χ1n) is 7.60. The maximum atomic E-state index is 12.6. The topological polar surface area (TPSA) is 87.5 Å². The quantitative estimate of drug-likeness (QED) is 0.795. The summed E-state index contributed by atoms with van der Waals surface area (Å²) in [6.45, 7) is 6.67. The second kappa shape index (κ2) is 6.82. The molecular weight excluding hydrogens is 312 g/mol. The lowest BCUT2D eigenvalue weighted by Gasteiger charge is -2.20. The highest BCUT2D eigenvalue weighted by molar-refractivity contribution is 5.93. The van der Waals surface area contributed by atoms with Gasteiger partial charge in [0.15, 0.2) is 0 Å². The normalized spacial score (nSPS) is 11.3. The summed E-state index contributed by atoms with van der Waals surface area (Å²) in [5, 5.41) is 0.559. The van der Waals surface area contributed by atoms with E-state index in [4.69, 9.17) is 9.47 Å². The van der Waals surface area contributed by atoms with E-state index in [1.807, 2.05) is 0 Å². The highest BCUT2D eigenvalue weighted by Gasteiger charge is 2.21. The van der Waals surface area contributed by atoms with Crippen LogP contribution < -0.4 is 5.56 Å². The van der Waals surface area contributed by atoms with Crippen LogP contribution in [-0.4, -0.2) is 33.7 Å². The monoisotopic (exact) mass is 332 g/mol. The maximum absolute atomic E-state index is 12.6. The lowest BCUT2D eigenvalue weighted by Crippen LogP contribution is -2.33. The van der Waals surface area contributed by atoms with Crippen molar-refractivity contribution in [2.75, 3.05) is 6.61 Å². The third-order valence-corrected chi connectivity index (χ3v) is 3.05. The summed E-state index contributed by atoms with van der Waals surface area (Å²) in [4.78, 5) is 40.9. The third-order valence-electron chi connectivity index (χ3n) is 3.05. The standard InChI is InChI=1S/C17H20N2O5/c1-5-23-16(22)12-9-11-7-6-8-18-14(11)19(15(12)21)10-13(20)24-17(2,3)4/h6-9H,5,10H2,1-4H3. The van der Waals surface area contributed by atoms with Gasteiger partial charge >= 0.3 is 11.9 Å². The van der Waals surface area contributed by atoms with Crippen LogP contribution in [0.1, 0.15) is 38.1 Å². The Kier molecular flexibility index (Phi) is 5.02. The SMILES string of the molecule is CCOC(=O)c1cc2cccnc2n(CC(=O)OC(C)(C)C)c1=O. The first-order valence-corrected chi connectivity index (χ1v) is 7.60. The van der Waals surface area contributed by atoms with Crippen LogP contribution in [0.3, 0.4) is 0 Å². The zero-order valence-corrected chi connectivity index (χ0v) is 14.2. The Bertz CT molecular complexity index is 833. The van der Waals surface area contributed by atoms with E-state index < -0.39 is 23.1 Å². The molecule has 0 unspecified atom stereocenters. The lowest BCUT2D eigenvalue weighted by molar-refractivity contribution is -0.155. The Morgan fingerprint density at radius 2 is 2.00 bits per heavy atom. The van der Waals surface area contributed by atoms with Gasteiger partial charge in [0.1, 0.15) is 23.4 Å². The van der Waals surface area contributed by atoms with E-state index in [2.05, 4.69) is 4.98 Å². The average Bonchev–Trinajstić information content (AvgIpc) is 2.48. The van der Waals surface area contributed by atoms with Crippen LogP contribution in [0.4, 0.5) is 0 Å². The van der Waals surface area contributed by atoms with E-state index in [1.165, 1.54) is 12.3 Å². The summed E-state index contributed by atoms with van der Waals surface area (Å²) in [5.41, 5.74) is -1.14. The molecule has 7 heteroatoms. The number of aromatic nitrogens is 2. The predicted molar refractivity (Wildman–Crippen MR) is 87.8 cm³/mol. The average molecular weight is 332 g/mol. The smallest absolute Gasteiger partial charge is 0.343 e. The van der Waals surface area contributed by atoms with Crippen molar-refractivity contribution >= 4 is 23.0 Å². The number of fused-ring (bicyclic) bond motifs is 1. The first kappa shape index (κ1) is 17.7. The van der Waals surface area contributed by atoms with Gasteiger partial charge in [-0.15, -0.1) is 0 Å². The van der Waals surface area contributed by atoms with Crippen molar-refractivity contribution in [1.29, 1.82) is 0 Å². The Hall–Kier alpha value is -2.70. The molecule has 2 heterocycles. The van der Waals surface area contributed by atoms with Crippen molar-refractivity contribution < 1.29 is 19.1 Å². The van der Waals surface area contributed by atoms with Gasteiger partial charge in [0.25, 0.3) is 5.56 Å². The number of hydrogen-bond donors (Lipinski definition) is 0. The highest BCUT2D eigenvalue weighted by Crippen LogP contribution is 2.13. The van der Waals surface area contributed by atoms with Gasteiger partial charge in [0.2, 0.25) is 0 Å². The molecule has 0 bridgehead atoms. The fourth-order valence-corrected chi connectivity index (χ4v) is 2.21. The molecule has 2 aromatic heterocycles. The van der Waals surface area contributed by atoms with E-state index in [0.29, 0.717) is 11.0 Å². The Balaban J connectivity index is 2.54. The molecule has 24 heavy (non-hydrogen) atoms. The van der Waals surface area contributed by atoms with Crippen molar-refractivity contribution in [3.05, 3.63) is 40.3 Å². The second-order valence-corrected chi connectivity index (χ2v) is 6.17. The minimum absolute atomic E-state index is 0.138. The molecule has 0 saturated heterocycles. The van der Waals surface area contributed by atoms with Crippen LogP contribution in [0.15, 0.2) is 29.2 Å². The summed E-state index contributed by atoms with van der Waals surface area (Å²) in [6.07, 6.45) is 1.51.